The molecule has 0 fully saturated rings. The Morgan fingerprint density at radius 3 is 2.61 bits per heavy atom. The topological polar surface area (TPSA) is 59.9 Å². The maximum atomic E-state index is 6.31. The Bertz CT molecular complexity index is 959. The Balaban J connectivity index is 1.74. The molecule has 2 heterocycles. The summed E-state index contributed by atoms with van der Waals surface area (Å²) >= 11 is 1.60. The van der Waals surface area contributed by atoms with Gasteiger partial charge < -0.3 is 10.1 Å². The molecule has 5 nitrogen and oxygen atoms in total. The zero-order valence-corrected chi connectivity index (χ0v) is 17.2. The molecule has 0 radical (unpaired) electrons. The highest BCUT2D eigenvalue weighted by molar-refractivity contribution is 7.99. The largest absolute Gasteiger partial charge is 0.448 e. The first kappa shape index (κ1) is 18.7. The zero-order valence-electron chi connectivity index (χ0n) is 16.3. The Hall–Kier alpha value is -2.60. The smallest absolute Gasteiger partial charge is 0.247 e. The van der Waals surface area contributed by atoms with Crippen molar-refractivity contribution in [2.45, 2.75) is 44.5 Å². The fraction of sp³-hybridized carbons (Fsp3) is 0.318. The van der Waals surface area contributed by atoms with E-state index in [0.717, 1.165) is 29.0 Å². The highest BCUT2D eigenvalue weighted by Crippen LogP contribution is 2.39. The van der Waals surface area contributed by atoms with E-state index >= 15 is 0 Å². The molecule has 2 aromatic carbocycles. The van der Waals surface area contributed by atoms with Crippen LogP contribution in [-0.4, -0.2) is 20.9 Å². The predicted molar refractivity (Wildman–Crippen MR) is 114 cm³/mol. The summed E-state index contributed by atoms with van der Waals surface area (Å²) in [5.41, 5.74) is 4.94. The molecule has 1 N–H and O–H groups in total. The lowest BCUT2D eigenvalue weighted by molar-refractivity contribution is 0.225. The second-order valence-corrected chi connectivity index (χ2v) is 8.17. The van der Waals surface area contributed by atoms with Gasteiger partial charge in [0.15, 0.2) is 11.9 Å². The van der Waals surface area contributed by atoms with Gasteiger partial charge in [-0.2, -0.15) is 4.98 Å². The van der Waals surface area contributed by atoms with Crippen molar-refractivity contribution in [3.05, 3.63) is 59.7 Å². The lowest BCUT2D eigenvalue weighted by Gasteiger charge is -2.20. The number of nitrogens with zero attached hydrogens (tertiary/aromatic N) is 3. The number of nitrogens with one attached hydrogen (secondary N) is 1. The molecule has 0 bridgehead atoms. The summed E-state index contributed by atoms with van der Waals surface area (Å²) in [6.07, 6.45) is 0.714. The summed E-state index contributed by atoms with van der Waals surface area (Å²) in [4.78, 5) is 4.66. The molecule has 1 aromatic heterocycles. The average Bonchev–Trinajstić information content (AvgIpc) is 2.88. The van der Waals surface area contributed by atoms with Crippen molar-refractivity contribution in [2.24, 2.45) is 0 Å². The summed E-state index contributed by atoms with van der Waals surface area (Å²) < 4.78 is 6.31. The Labute approximate surface area is 170 Å². The zero-order chi connectivity index (χ0) is 19.5. The highest BCUT2D eigenvalue weighted by Gasteiger charge is 2.26. The van der Waals surface area contributed by atoms with Gasteiger partial charge >= 0.3 is 0 Å². The molecule has 0 saturated heterocycles. The second kappa shape index (κ2) is 8.19. The van der Waals surface area contributed by atoms with Crippen molar-refractivity contribution >= 4 is 17.4 Å². The van der Waals surface area contributed by atoms with Crippen LogP contribution in [0.15, 0.2) is 53.7 Å². The SMILES string of the molecule is CCCSc1nnc2c(n1)O[C@H](c1ccc(C(C)C)cc1)Nc1ccccc1-2. The number of ether oxygens (including phenoxy) is 1. The molecule has 28 heavy (non-hydrogen) atoms. The lowest BCUT2D eigenvalue weighted by atomic mass is 10.0. The molecule has 4 rings (SSSR count). The first-order valence-corrected chi connectivity index (χ1v) is 10.6. The third kappa shape index (κ3) is 3.83. The van der Waals surface area contributed by atoms with E-state index in [1.165, 1.54) is 5.56 Å². The van der Waals surface area contributed by atoms with Crippen LogP contribution in [0.3, 0.4) is 0 Å². The number of hydrogen-bond acceptors (Lipinski definition) is 6. The van der Waals surface area contributed by atoms with Crippen LogP contribution in [-0.2, 0) is 0 Å². The van der Waals surface area contributed by atoms with E-state index < -0.39 is 0 Å². The number of rotatable bonds is 5. The van der Waals surface area contributed by atoms with Gasteiger partial charge in [-0.3, -0.25) is 0 Å². The van der Waals surface area contributed by atoms with Gasteiger partial charge in [-0.1, -0.05) is 75.0 Å². The van der Waals surface area contributed by atoms with Gasteiger partial charge in [0, 0.05) is 22.6 Å². The molecule has 0 amide bonds. The molecule has 0 saturated carbocycles. The van der Waals surface area contributed by atoms with Gasteiger partial charge in [0.1, 0.15) is 0 Å². The number of benzene rings is 2. The molecular weight excluding hydrogens is 368 g/mol. The molecule has 1 atom stereocenters. The molecule has 3 aromatic rings. The average molecular weight is 393 g/mol. The Morgan fingerprint density at radius 1 is 1.07 bits per heavy atom. The molecular formula is C22H24N4OS. The van der Waals surface area contributed by atoms with Crippen molar-refractivity contribution in [1.82, 2.24) is 15.2 Å². The van der Waals surface area contributed by atoms with Crippen LogP contribution in [0.25, 0.3) is 11.3 Å². The van der Waals surface area contributed by atoms with Crippen molar-refractivity contribution in [3.63, 3.8) is 0 Å². The van der Waals surface area contributed by atoms with Crippen LogP contribution in [0.4, 0.5) is 5.69 Å². The predicted octanol–water partition coefficient (Wildman–Crippen LogP) is 5.67. The normalized spacial score (nSPS) is 15.2. The number of aromatic nitrogens is 3. The fourth-order valence-electron chi connectivity index (χ4n) is 3.11. The third-order valence-corrected chi connectivity index (χ3v) is 5.72. The monoisotopic (exact) mass is 392 g/mol. The minimum absolute atomic E-state index is 0.343. The molecule has 6 heteroatoms. The molecule has 0 unspecified atom stereocenters. The number of anilines is 1. The summed E-state index contributed by atoms with van der Waals surface area (Å²) in [6.45, 7) is 6.53. The van der Waals surface area contributed by atoms with E-state index in [0.29, 0.717) is 22.6 Å². The van der Waals surface area contributed by atoms with Gasteiger partial charge in [-0.15, -0.1) is 10.2 Å². The summed E-state index contributed by atoms with van der Waals surface area (Å²) in [5.74, 6) is 1.97. The van der Waals surface area contributed by atoms with Crippen LogP contribution in [0.2, 0.25) is 0 Å². The van der Waals surface area contributed by atoms with Gasteiger partial charge in [0.25, 0.3) is 0 Å². The van der Waals surface area contributed by atoms with E-state index in [2.05, 4.69) is 65.5 Å². The van der Waals surface area contributed by atoms with E-state index in [4.69, 9.17) is 4.74 Å². The first-order chi connectivity index (χ1) is 13.7. The fourth-order valence-corrected chi connectivity index (χ4v) is 3.74. The van der Waals surface area contributed by atoms with Crippen molar-refractivity contribution in [3.8, 4) is 17.1 Å². The number of thioether (sulfide) groups is 1. The van der Waals surface area contributed by atoms with E-state index in [1.54, 1.807) is 11.8 Å². The number of hydrogen-bond donors (Lipinski definition) is 1. The molecule has 1 aliphatic heterocycles. The molecule has 0 spiro atoms. The Kier molecular flexibility index (Phi) is 5.48. The van der Waals surface area contributed by atoms with Crippen LogP contribution in [0.1, 0.15) is 50.5 Å². The lowest BCUT2D eigenvalue weighted by Crippen LogP contribution is -2.17. The van der Waals surface area contributed by atoms with Gasteiger partial charge in [-0.25, -0.2) is 0 Å². The van der Waals surface area contributed by atoms with Crippen LogP contribution in [0.5, 0.6) is 5.88 Å². The molecule has 0 aliphatic carbocycles. The number of fused-ring (bicyclic) bond motifs is 3. The van der Waals surface area contributed by atoms with Crippen LogP contribution >= 0.6 is 11.8 Å². The standard InChI is InChI=1S/C22H24N4OS/c1-4-13-28-22-24-21-19(25-26-22)17-7-5-6-8-18(17)23-20(27-21)16-11-9-15(10-12-16)14(2)3/h5-12,14,20,23H,4,13H2,1-3H3/t20-/m1/s1. The minimum atomic E-state index is -0.343. The highest BCUT2D eigenvalue weighted by atomic mass is 32.2. The van der Waals surface area contributed by atoms with Gasteiger partial charge in [-0.05, 0) is 24.0 Å². The minimum Gasteiger partial charge on any atom is -0.448 e. The Morgan fingerprint density at radius 2 is 1.86 bits per heavy atom. The van der Waals surface area contributed by atoms with E-state index in [1.807, 2.05) is 24.3 Å². The molecule has 1 aliphatic rings. The van der Waals surface area contributed by atoms with Crippen LogP contribution < -0.4 is 10.1 Å². The maximum Gasteiger partial charge on any atom is 0.247 e. The van der Waals surface area contributed by atoms with Crippen LogP contribution in [0, 0.1) is 0 Å². The maximum absolute atomic E-state index is 6.31. The van der Waals surface area contributed by atoms with E-state index in [9.17, 15) is 0 Å². The number of para-hydroxylation sites is 1. The summed E-state index contributed by atoms with van der Waals surface area (Å²) in [7, 11) is 0. The summed E-state index contributed by atoms with van der Waals surface area (Å²) in [6, 6.07) is 16.6. The van der Waals surface area contributed by atoms with Gasteiger partial charge in [0.2, 0.25) is 11.0 Å². The van der Waals surface area contributed by atoms with Crippen molar-refractivity contribution < 1.29 is 4.74 Å². The van der Waals surface area contributed by atoms with Crippen molar-refractivity contribution in [2.75, 3.05) is 11.1 Å². The van der Waals surface area contributed by atoms with Gasteiger partial charge in [0.05, 0.1) is 0 Å². The summed E-state index contributed by atoms with van der Waals surface area (Å²) in [5, 5.41) is 12.9. The van der Waals surface area contributed by atoms with E-state index in [-0.39, 0.29) is 6.23 Å². The van der Waals surface area contributed by atoms with Crippen molar-refractivity contribution in [1.29, 1.82) is 0 Å². The molecule has 144 valence electrons. The first-order valence-electron chi connectivity index (χ1n) is 9.65. The third-order valence-electron chi connectivity index (χ3n) is 4.67. The quantitative estimate of drug-likeness (QED) is 0.565. The second-order valence-electron chi connectivity index (χ2n) is 7.11.